The molecule has 0 aliphatic carbocycles. The van der Waals surface area contributed by atoms with E-state index in [4.69, 9.17) is 0 Å². The van der Waals surface area contributed by atoms with Crippen LogP contribution in [0.2, 0.25) is 0 Å². The van der Waals surface area contributed by atoms with Crippen LogP contribution in [-0.2, 0) is 4.79 Å². The maximum absolute atomic E-state index is 14.3. The molecule has 0 aromatic heterocycles. The number of anilines is 1. The summed E-state index contributed by atoms with van der Waals surface area (Å²) in [6, 6.07) is 6.67. The normalized spacial score (nSPS) is 14.7. The lowest BCUT2D eigenvalue weighted by molar-refractivity contribution is -0.104. The van der Waals surface area contributed by atoms with E-state index in [2.05, 4.69) is 0 Å². The van der Waals surface area contributed by atoms with Gasteiger partial charge in [-0.05, 0) is 49.8 Å². The summed E-state index contributed by atoms with van der Waals surface area (Å²) in [7, 11) is 3.76. The van der Waals surface area contributed by atoms with Gasteiger partial charge in [0.2, 0.25) is 5.78 Å². The number of benzene rings is 1. The lowest BCUT2D eigenvalue weighted by Crippen LogP contribution is -2.28. The molecule has 1 atom stereocenters. The summed E-state index contributed by atoms with van der Waals surface area (Å²) in [6.45, 7) is 2.62. The fraction of sp³-hybridized carbons (Fsp3) is 0.333. The fourth-order valence-corrected chi connectivity index (χ4v) is 1.72. The summed E-state index contributed by atoms with van der Waals surface area (Å²) in [6.07, 6.45) is 1.57. The van der Waals surface area contributed by atoms with Gasteiger partial charge in [-0.25, -0.2) is 4.39 Å². The SMILES string of the molecule is CC(C=O)=CC(C)(F)C(=O)c1ccc(N(C)C)cc1. The van der Waals surface area contributed by atoms with Gasteiger partial charge in [0.25, 0.3) is 0 Å². The molecule has 0 aliphatic rings. The van der Waals surface area contributed by atoms with Crippen molar-refractivity contribution in [3.63, 3.8) is 0 Å². The Hall–Kier alpha value is -1.97. The highest BCUT2D eigenvalue weighted by atomic mass is 19.1. The number of rotatable bonds is 5. The topological polar surface area (TPSA) is 37.4 Å². The molecule has 0 saturated heterocycles. The van der Waals surface area contributed by atoms with E-state index in [1.807, 2.05) is 19.0 Å². The molecule has 0 heterocycles. The number of halogens is 1. The molecule has 1 rings (SSSR count). The van der Waals surface area contributed by atoms with E-state index in [-0.39, 0.29) is 11.1 Å². The van der Waals surface area contributed by atoms with Crippen LogP contribution in [0.15, 0.2) is 35.9 Å². The first-order valence-electron chi connectivity index (χ1n) is 5.93. The number of Topliss-reactive ketones (excluding diaryl/α,β-unsaturated/α-hetero) is 1. The van der Waals surface area contributed by atoms with E-state index in [0.717, 1.165) is 18.7 Å². The first-order chi connectivity index (χ1) is 8.77. The quantitative estimate of drug-likeness (QED) is 0.466. The van der Waals surface area contributed by atoms with E-state index >= 15 is 0 Å². The second-order valence-electron chi connectivity index (χ2n) is 4.85. The summed E-state index contributed by atoms with van der Waals surface area (Å²) in [5.41, 5.74) is -0.768. The minimum atomic E-state index is -2.18. The largest absolute Gasteiger partial charge is 0.378 e. The Morgan fingerprint density at radius 1 is 1.26 bits per heavy atom. The van der Waals surface area contributed by atoms with Crippen molar-refractivity contribution in [2.45, 2.75) is 19.5 Å². The van der Waals surface area contributed by atoms with Gasteiger partial charge in [-0.3, -0.25) is 9.59 Å². The number of allylic oxidation sites excluding steroid dienone is 2. The maximum Gasteiger partial charge on any atom is 0.203 e. The van der Waals surface area contributed by atoms with E-state index in [1.165, 1.54) is 6.92 Å². The molecule has 1 aromatic rings. The van der Waals surface area contributed by atoms with Gasteiger partial charge in [0.1, 0.15) is 6.29 Å². The first kappa shape index (κ1) is 15.1. The van der Waals surface area contributed by atoms with Crippen molar-refractivity contribution in [3.05, 3.63) is 41.5 Å². The summed E-state index contributed by atoms with van der Waals surface area (Å²) in [4.78, 5) is 24.4. The van der Waals surface area contributed by atoms with Crippen LogP contribution in [0.1, 0.15) is 24.2 Å². The zero-order chi connectivity index (χ0) is 14.6. The number of carbonyl (C=O) groups excluding carboxylic acids is 2. The van der Waals surface area contributed by atoms with Crippen LogP contribution in [-0.4, -0.2) is 31.8 Å². The van der Waals surface area contributed by atoms with Crippen LogP contribution >= 0.6 is 0 Å². The standard InChI is InChI=1S/C15H18FNO2/c1-11(10-18)9-15(2,16)14(19)12-5-7-13(8-6-12)17(3)4/h5-10H,1-4H3. The highest BCUT2D eigenvalue weighted by Crippen LogP contribution is 2.22. The third kappa shape index (κ3) is 3.74. The second kappa shape index (κ2) is 5.78. The number of aldehydes is 1. The molecule has 0 spiro atoms. The lowest BCUT2D eigenvalue weighted by Gasteiger charge is -2.17. The highest BCUT2D eigenvalue weighted by molar-refractivity contribution is 6.04. The van der Waals surface area contributed by atoms with Gasteiger partial charge in [0.15, 0.2) is 5.67 Å². The van der Waals surface area contributed by atoms with Gasteiger partial charge in [0.05, 0.1) is 0 Å². The van der Waals surface area contributed by atoms with E-state index < -0.39 is 11.5 Å². The number of nitrogens with zero attached hydrogens (tertiary/aromatic N) is 1. The van der Waals surface area contributed by atoms with E-state index in [0.29, 0.717) is 6.29 Å². The molecular weight excluding hydrogens is 245 g/mol. The molecule has 0 bridgehead atoms. The minimum Gasteiger partial charge on any atom is -0.378 e. The van der Waals surface area contributed by atoms with Crippen LogP contribution < -0.4 is 4.90 Å². The van der Waals surface area contributed by atoms with Crippen LogP contribution in [0.3, 0.4) is 0 Å². The summed E-state index contributed by atoms with van der Waals surface area (Å²) in [5.74, 6) is -0.654. The Kier molecular flexibility index (Phi) is 4.59. The Labute approximate surface area is 112 Å². The molecular formula is C15H18FNO2. The molecule has 0 amide bonds. The highest BCUT2D eigenvalue weighted by Gasteiger charge is 2.31. The molecule has 3 nitrogen and oxygen atoms in total. The number of ketones is 1. The average Bonchev–Trinajstić information content (AvgIpc) is 2.37. The third-order valence-corrected chi connectivity index (χ3v) is 2.77. The fourth-order valence-electron chi connectivity index (χ4n) is 1.72. The molecule has 19 heavy (non-hydrogen) atoms. The molecule has 0 saturated carbocycles. The number of carbonyl (C=O) groups is 2. The third-order valence-electron chi connectivity index (χ3n) is 2.77. The Morgan fingerprint density at radius 2 is 1.79 bits per heavy atom. The number of hydrogen-bond donors (Lipinski definition) is 0. The summed E-state index contributed by atoms with van der Waals surface area (Å²) < 4.78 is 14.3. The molecule has 102 valence electrons. The monoisotopic (exact) mass is 263 g/mol. The lowest BCUT2D eigenvalue weighted by atomic mass is 9.94. The van der Waals surface area contributed by atoms with Gasteiger partial charge in [0, 0.05) is 25.3 Å². The molecule has 0 aliphatic heterocycles. The minimum absolute atomic E-state index is 0.197. The predicted octanol–water partition coefficient (Wildman–Crippen LogP) is 2.81. The van der Waals surface area contributed by atoms with Gasteiger partial charge in [-0.2, -0.15) is 0 Å². The summed E-state index contributed by atoms with van der Waals surface area (Å²) in [5, 5.41) is 0. The average molecular weight is 263 g/mol. The number of alkyl halides is 1. The van der Waals surface area contributed by atoms with Gasteiger partial charge in [-0.1, -0.05) is 0 Å². The Morgan fingerprint density at radius 3 is 2.21 bits per heavy atom. The maximum atomic E-state index is 14.3. The molecule has 1 aromatic carbocycles. The zero-order valence-corrected chi connectivity index (χ0v) is 11.6. The van der Waals surface area contributed by atoms with Crippen molar-refractivity contribution in [3.8, 4) is 0 Å². The summed E-state index contributed by atoms with van der Waals surface area (Å²) >= 11 is 0. The second-order valence-corrected chi connectivity index (χ2v) is 4.85. The molecule has 0 N–H and O–H groups in total. The van der Waals surface area contributed by atoms with Crippen LogP contribution in [0.5, 0.6) is 0 Å². The van der Waals surface area contributed by atoms with Crippen LogP contribution in [0.25, 0.3) is 0 Å². The van der Waals surface area contributed by atoms with Crippen LogP contribution in [0.4, 0.5) is 10.1 Å². The Balaban J connectivity index is 3.03. The molecule has 1 unspecified atom stereocenters. The number of hydrogen-bond acceptors (Lipinski definition) is 3. The van der Waals surface area contributed by atoms with Gasteiger partial charge in [-0.15, -0.1) is 0 Å². The predicted molar refractivity (Wildman–Crippen MR) is 74.4 cm³/mol. The van der Waals surface area contributed by atoms with E-state index in [1.54, 1.807) is 24.3 Å². The molecule has 0 fully saturated rings. The Bertz CT molecular complexity index is 501. The van der Waals surface area contributed by atoms with Crippen molar-refractivity contribution in [1.82, 2.24) is 0 Å². The van der Waals surface area contributed by atoms with Crippen molar-refractivity contribution in [2.24, 2.45) is 0 Å². The van der Waals surface area contributed by atoms with Crippen molar-refractivity contribution in [2.75, 3.05) is 19.0 Å². The van der Waals surface area contributed by atoms with Gasteiger partial charge >= 0.3 is 0 Å². The van der Waals surface area contributed by atoms with Crippen molar-refractivity contribution >= 4 is 17.8 Å². The van der Waals surface area contributed by atoms with Crippen LogP contribution in [0, 0.1) is 0 Å². The van der Waals surface area contributed by atoms with Gasteiger partial charge < -0.3 is 4.90 Å². The smallest absolute Gasteiger partial charge is 0.203 e. The van der Waals surface area contributed by atoms with E-state index in [9.17, 15) is 14.0 Å². The zero-order valence-electron chi connectivity index (χ0n) is 11.6. The first-order valence-corrected chi connectivity index (χ1v) is 5.93. The molecule has 0 radical (unpaired) electrons. The molecule has 4 heteroatoms. The van der Waals surface area contributed by atoms with Crippen molar-refractivity contribution < 1.29 is 14.0 Å². The van der Waals surface area contributed by atoms with Crippen molar-refractivity contribution in [1.29, 1.82) is 0 Å².